The van der Waals surface area contributed by atoms with Gasteiger partial charge in [-0.3, -0.25) is 4.79 Å². The lowest BCUT2D eigenvalue weighted by Gasteiger charge is -2.32. The van der Waals surface area contributed by atoms with Gasteiger partial charge in [0, 0.05) is 25.3 Å². The average molecular weight is 325 g/mol. The quantitative estimate of drug-likeness (QED) is 0.828. The molecule has 0 bridgehead atoms. The monoisotopic (exact) mass is 325 g/mol. The highest BCUT2D eigenvalue weighted by molar-refractivity contribution is 5.90. The number of piperidine rings is 1. The van der Waals surface area contributed by atoms with Gasteiger partial charge in [-0.25, -0.2) is 9.97 Å². The number of amides is 1. The second kappa shape index (κ2) is 6.26. The lowest BCUT2D eigenvalue weighted by Crippen LogP contribution is -2.44. The van der Waals surface area contributed by atoms with Crippen molar-refractivity contribution in [2.45, 2.75) is 38.1 Å². The molecule has 4 rings (SSSR count). The Bertz CT molecular complexity index is 764. The molecule has 2 aromatic rings. The first kappa shape index (κ1) is 15.2. The Balaban J connectivity index is 1.56. The van der Waals surface area contributed by atoms with Gasteiger partial charge in [0.2, 0.25) is 5.91 Å². The van der Waals surface area contributed by atoms with Crippen LogP contribution >= 0.6 is 0 Å². The third kappa shape index (κ3) is 3.00. The SMILES string of the molecule is C=CC(=O)N1CCCC(Nc2ncnc3[nH]cc(CC4CC4)c23)C1. The van der Waals surface area contributed by atoms with Gasteiger partial charge in [0.05, 0.1) is 5.39 Å². The van der Waals surface area contributed by atoms with E-state index < -0.39 is 0 Å². The molecule has 6 nitrogen and oxygen atoms in total. The summed E-state index contributed by atoms with van der Waals surface area (Å²) in [6.45, 7) is 5.09. The minimum atomic E-state index is 0.00500. The highest BCUT2D eigenvalue weighted by Crippen LogP contribution is 2.36. The van der Waals surface area contributed by atoms with E-state index in [-0.39, 0.29) is 11.9 Å². The summed E-state index contributed by atoms with van der Waals surface area (Å²) in [5.41, 5.74) is 2.18. The van der Waals surface area contributed by atoms with Gasteiger partial charge >= 0.3 is 0 Å². The smallest absolute Gasteiger partial charge is 0.246 e. The number of aromatic amines is 1. The topological polar surface area (TPSA) is 73.9 Å². The summed E-state index contributed by atoms with van der Waals surface area (Å²) in [5, 5.41) is 4.66. The number of H-pyrrole nitrogens is 1. The van der Waals surface area contributed by atoms with E-state index >= 15 is 0 Å². The predicted octanol–water partition coefficient (Wildman–Crippen LogP) is 2.50. The third-order valence-electron chi connectivity index (χ3n) is 5.01. The van der Waals surface area contributed by atoms with Gasteiger partial charge in [-0.1, -0.05) is 6.58 Å². The minimum Gasteiger partial charge on any atom is -0.365 e. The van der Waals surface area contributed by atoms with E-state index in [1.165, 1.54) is 24.5 Å². The molecule has 0 spiro atoms. The van der Waals surface area contributed by atoms with Gasteiger partial charge in [-0.2, -0.15) is 0 Å². The Morgan fingerprint density at radius 2 is 2.29 bits per heavy atom. The maximum atomic E-state index is 11.9. The zero-order chi connectivity index (χ0) is 16.5. The van der Waals surface area contributed by atoms with Crippen molar-refractivity contribution >= 4 is 22.8 Å². The first-order valence-corrected chi connectivity index (χ1v) is 8.73. The predicted molar refractivity (Wildman–Crippen MR) is 93.7 cm³/mol. The van der Waals surface area contributed by atoms with Gasteiger partial charge < -0.3 is 15.2 Å². The number of aromatic nitrogens is 3. The summed E-state index contributed by atoms with van der Waals surface area (Å²) in [6, 6.07) is 0.212. The van der Waals surface area contributed by atoms with E-state index in [2.05, 4.69) is 33.0 Å². The highest BCUT2D eigenvalue weighted by atomic mass is 16.2. The van der Waals surface area contributed by atoms with E-state index in [9.17, 15) is 4.79 Å². The van der Waals surface area contributed by atoms with Crippen molar-refractivity contribution in [1.29, 1.82) is 0 Å². The molecule has 6 heteroatoms. The molecule has 2 aromatic heterocycles. The number of fused-ring (bicyclic) bond motifs is 1. The largest absolute Gasteiger partial charge is 0.365 e. The van der Waals surface area contributed by atoms with Gasteiger partial charge in [0.1, 0.15) is 17.8 Å². The molecule has 1 amide bonds. The van der Waals surface area contributed by atoms with Crippen molar-refractivity contribution in [3.8, 4) is 0 Å². The summed E-state index contributed by atoms with van der Waals surface area (Å²) >= 11 is 0. The van der Waals surface area contributed by atoms with Gasteiger partial charge in [0.25, 0.3) is 0 Å². The number of carbonyl (C=O) groups is 1. The van der Waals surface area contributed by atoms with Crippen LogP contribution in [0.15, 0.2) is 25.2 Å². The zero-order valence-electron chi connectivity index (χ0n) is 13.8. The lowest BCUT2D eigenvalue weighted by atomic mass is 10.0. The van der Waals surface area contributed by atoms with Crippen LogP contribution in [0, 0.1) is 5.92 Å². The molecule has 1 atom stereocenters. The van der Waals surface area contributed by atoms with Crippen molar-refractivity contribution in [1.82, 2.24) is 19.9 Å². The van der Waals surface area contributed by atoms with Crippen LogP contribution in [0.5, 0.6) is 0 Å². The first-order valence-electron chi connectivity index (χ1n) is 8.73. The number of hydrogen-bond acceptors (Lipinski definition) is 4. The molecule has 1 saturated heterocycles. The summed E-state index contributed by atoms with van der Waals surface area (Å²) in [6.07, 6.45) is 10.8. The van der Waals surface area contributed by atoms with Crippen molar-refractivity contribution in [3.63, 3.8) is 0 Å². The van der Waals surface area contributed by atoms with E-state index in [1.807, 2.05) is 4.90 Å². The maximum Gasteiger partial charge on any atom is 0.246 e. The van der Waals surface area contributed by atoms with E-state index in [0.717, 1.165) is 48.6 Å². The van der Waals surface area contributed by atoms with Crippen LogP contribution in [0.2, 0.25) is 0 Å². The van der Waals surface area contributed by atoms with Crippen molar-refractivity contribution in [3.05, 3.63) is 30.7 Å². The number of nitrogens with zero attached hydrogens (tertiary/aromatic N) is 3. The number of nitrogens with one attached hydrogen (secondary N) is 2. The summed E-state index contributed by atoms with van der Waals surface area (Å²) in [4.78, 5) is 25.8. The number of carbonyl (C=O) groups excluding carboxylic acids is 1. The third-order valence-corrected chi connectivity index (χ3v) is 5.01. The molecule has 1 unspecified atom stereocenters. The van der Waals surface area contributed by atoms with E-state index in [4.69, 9.17) is 0 Å². The summed E-state index contributed by atoms with van der Waals surface area (Å²) in [7, 11) is 0. The molecule has 2 fully saturated rings. The highest BCUT2D eigenvalue weighted by Gasteiger charge is 2.26. The second-order valence-corrected chi connectivity index (χ2v) is 6.88. The molecule has 24 heavy (non-hydrogen) atoms. The van der Waals surface area contributed by atoms with E-state index in [1.54, 1.807) is 6.33 Å². The fourth-order valence-corrected chi connectivity index (χ4v) is 3.55. The Morgan fingerprint density at radius 3 is 3.08 bits per heavy atom. The fraction of sp³-hybridized carbons (Fsp3) is 0.500. The molecule has 0 aromatic carbocycles. The molecule has 1 saturated carbocycles. The van der Waals surface area contributed by atoms with Gasteiger partial charge in [-0.05, 0) is 49.7 Å². The Kier molecular flexibility index (Phi) is 3.96. The van der Waals surface area contributed by atoms with Crippen molar-refractivity contribution < 1.29 is 4.79 Å². The van der Waals surface area contributed by atoms with Crippen molar-refractivity contribution in [2.75, 3.05) is 18.4 Å². The average Bonchev–Trinajstić information content (AvgIpc) is 3.33. The van der Waals surface area contributed by atoms with Crippen LogP contribution in [0.25, 0.3) is 11.0 Å². The standard InChI is InChI=1S/C18H23N5O/c1-2-15(24)23-7-3-4-14(10-23)22-18-16-13(8-12-5-6-12)9-19-17(16)20-11-21-18/h2,9,11-12,14H,1,3-8,10H2,(H2,19,20,21,22). The fourth-order valence-electron chi connectivity index (χ4n) is 3.55. The van der Waals surface area contributed by atoms with Gasteiger partial charge in [-0.15, -0.1) is 0 Å². The van der Waals surface area contributed by atoms with Crippen LogP contribution in [-0.2, 0) is 11.2 Å². The molecule has 1 aliphatic heterocycles. The van der Waals surface area contributed by atoms with Gasteiger partial charge in [0.15, 0.2) is 0 Å². The molecule has 126 valence electrons. The van der Waals surface area contributed by atoms with E-state index in [0.29, 0.717) is 6.54 Å². The molecule has 2 N–H and O–H groups in total. The number of anilines is 1. The number of rotatable bonds is 5. The number of hydrogen-bond donors (Lipinski definition) is 2. The molecular formula is C18H23N5O. The minimum absolute atomic E-state index is 0.00500. The Labute approximate surface area is 141 Å². The zero-order valence-corrected chi connectivity index (χ0v) is 13.8. The van der Waals surface area contributed by atoms with Crippen LogP contribution < -0.4 is 5.32 Å². The first-order chi connectivity index (χ1) is 11.7. The molecule has 3 heterocycles. The molecule has 2 aliphatic rings. The normalized spacial score (nSPS) is 21.0. The second-order valence-electron chi connectivity index (χ2n) is 6.88. The molecule has 1 aliphatic carbocycles. The van der Waals surface area contributed by atoms with Crippen LogP contribution in [0.1, 0.15) is 31.2 Å². The van der Waals surface area contributed by atoms with Crippen LogP contribution in [0.3, 0.4) is 0 Å². The van der Waals surface area contributed by atoms with Crippen LogP contribution in [0.4, 0.5) is 5.82 Å². The Morgan fingerprint density at radius 1 is 1.42 bits per heavy atom. The number of likely N-dealkylation sites (tertiary alicyclic amines) is 1. The molecule has 0 radical (unpaired) electrons. The Hall–Kier alpha value is -2.37. The summed E-state index contributed by atoms with van der Waals surface area (Å²) < 4.78 is 0. The van der Waals surface area contributed by atoms with Crippen molar-refractivity contribution in [2.24, 2.45) is 5.92 Å². The molecular weight excluding hydrogens is 302 g/mol. The lowest BCUT2D eigenvalue weighted by molar-refractivity contribution is -0.127. The maximum absolute atomic E-state index is 11.9. The van der Waals surface area contributed by atoms with Crippen LogP contribution in [-0.4, -0.2) is 44.9 Å². The summed E-state index contributed by atoms with van der Waals surface area (Å²) in [5.74, 6) is 1.70.